The fourth-order valence-corrected chi connectivity index (χ4v) is 4.99. The molecular weight excluding hydrogens is 504 g/mol. The van der Waals surface area contributed by atoms with Gasteiger partial charge in [-0.3, -0.25) is 14.4 Å². The third-order valence-electron chi connectivity index (χ3n) is 6.97. The van der Waals surface area contributed by atoms with Gasteiger partial charge in [-0.05, 0) is 80.8 Å². The number of amides is 3. The molecule has 1 atom stereocenters. The van der Waals surface area contributed by atoms with Crippen molar-refractivity contribution in [3.8, 4) is 5.75 Å². The van der Waals surface area contributed by atoms with Crippen molar-refractivity contribution >= 4 is 35.0 Å². The summed E-state index contributed by atoms with van der Waals surface area (Å²) in [6.07, 6.45) is 6.46. The Morgan fingerprint density at radius 3 is 2.68 bits per heavy atom. The Morgan fingerprint density at radius 2 is 1.84 bits per heavy atom. The van der Waals surface area contributed by atoms with Crippen molar-refractivity contribution in [3.63, 3.8) is 0 Å². The SMILES string of the molecule is O=C1CC[C@@H](C(=O)NCc2cccc(N3CCCCC3)c2)NC(=O)c2cc(Cl)ccc2OCCCCCN1. The van der Waals surface area contributed by atoms with Gasteiger partial charge >= 0.3 is 0 Å². The van der Waals surface area contributed by atoms with Crippen molar-refractivity contribution in [2.75, 3.05) is 31.1 Å². The minimum Gasteiger partial charge on any atom is -0.493 e. The van der Waals surface area contributed by atoms with Crippen LogP contribution in [0.15, 0.2) is 42.5 Å². The van der Waals surface area contributed by atoms with E-state index in [4.69, 9.17) is 16.3 Å². The van der Waals surface area contributed by atoms with E-state index in [1.54, 1.807) is 12.1 Å². The molecule has 0 saturated carbocycles. The molecule has 8 nitrogen and oxygen atoms in total. The number of nitrogens with zero attached hydrogens (tertiary/aromatic N) is 1. The van der Waals surface area contributed by atoms with Gasteiger partial charge in [0.15, 0.2) is 0 Å². The van der Waals surface area contributed by atoms with Crippen LogP contribution in [0.25, 0.3) is 0 Å². The van der Waals surface area contributed by atoms with Crippen LogP contribution >= 0.6 is 11.6 Å². The number of carbonyl (C=O) groups is 3. The summed E-state index contributed by atoms with van der Waals surface area (Å²) in [6, 6.07) is 12.2. The lowest BCUT2D eigenvalue weighted by atomic mass is 10.1. The Bertz CT molecular complexity index is 1120. The number of anilines is 1. The number of rotatable bonds is 4. The molecule has 0 spiro atoms. The highest BCUT2D eigenvalue weighted by atomic mass is 35.5. The average Bonchev–Trinajstić information content (AvgIpc) is 2.94. The van der Waals surface area contributed by atoms with E-state index in [1.807, 2.05) is 12.1 Å². The predicted molar refractivity (Wildman–Crippen MR) is 149 cm³/mol. The second-order valence-electron chi connectivity index (χ2n) is 9.90. The molecule has 3 amide bonds. The summed E-state index contributed by atoms with van der Waals surface area (Å²) in [4.78, 5) is 41.3. The van der Waals surface area contributed by atoms with E-state index in [2.05, 4.69) is 33.0 Å². The number of halogens is 1. The maximum atomic E-state index is 13.3. The van der Waals surface area contributed by atoms with E-state index in [1.165, 1.54) is 25.3 Å². The molecule has 3 N–H and O–H groups in total. The maximum absolute atomic E-state index is 13.3. The molecule has 1 fully saturated rings. The van der Waals surface area contributed by atoms with Crippen LogP contribution in [0.1, 0.15) is 67.3 Å². The van der Waals surface area contributed by atoms with Crippen molar-refractivity contribution in [2.24, 2.45) is 0 Å². The number of carbonyl (C=O) groups excluding carboxylic acids is 3. The van der Waals surface area contributed by atoms with Gasteiger partial charge in [0.25, 0.3) is 5.91 Å². The van der Waals surface area contributed by atoms with Gasteiger partial charge in [-0.25, -0.2) is 0 Å². The summed E-state index contributed by atoms with van der Waals surface area (Å²) in [5.74, 6) is -0.529. The number of benzene rings is 2. The number of ether oxygens (including phenoxy) is 1. The molecule has 9 heteroatoms. The molecule has 0 aromatic heterocycles. The first-order valence-electron chi connectivity index (χ1n) is 13.6. The minimum absolute atomic E-state index is 0.127. The molecule has 0 bridgehead atoms. The van der Waals surface area contributed by atoms with E-state index in [0.29, 0.717) is 30.5 Å². The van der Waals surface area contributed by atoms with Crippen molar-refractivity contribution in [2.45, 2.75) is 64.0 Å². The highest BCUT2D eigenvalue weighted by Crippen LogP contribution is 2.24. The standard InChI is InChI=1S/C29H37ClN4O4/c30-22-10-12-26-24(19-22)28(36)33-25(11-13-27(35)31-14-3-1-6-17-38-26)29(37)32-20-21-8-7-9-23(18-21)34-15-4-2-5-16-34/h7-10,12,18-19,25H,1-6,11,13-17,20H2,(H,31,35)(H,32,37)(H,33,36)/t25-/m0/s1. The Labute approximate surface area is 229 Å². The largest absolute Gasteiger partial charge is 0.493 e. The van der Waals surface area contributed by atoms with Crippen molar-refractivity contribution in [3.05, 3.63) is 58.6 Å². The van der Waals surface area contributed by atoms with Crippen molar-refractivity contribution < 1.29 is 19.1 Å². The molecule has 2 aromatic carbocycles. The molecule has 2 heterocycles. The quantitative estimate of drug-likeness (QED) is 0.539. The maximum Gasteiger partial charge on any atom is 0.255 e. The molecule has 38 heavy (non-hydrogen) atoms. The van der Waals surface area contributed by atoms with Gasteiger partial charge < -0.3 is 25.6 Å². The van der Waals surface area contributed by atoms with E-state index >= 15 is 0 Å². The monoisotopic (exact) mass is 540 g/mol. The second kappa shape index (κ2) is 14.0. The van der Waals surface area contributed by atoms with E-state index in [9.17, 15) is 14.4 Å². The predicted octanol–water partition coefficient (Wildman–Crippen LogP) is 4.20. The molecule has 2 aliphatic rings. The minimum atomic E-state index is -0.893. The lowest BCUT2D eigenvalue weighted by molar-refractivity contribution is -0.124. The Hall–Kier alpha value is -3.26. The van der Waals surface area contributed by atoms with Crippen LogP contribution in [0.2, 0.25) is 5.02 Å². The summed E-state index contributed by atoms with van der Waals surface area (Å²) in [5, 5.41) is 9.06. The average molecular weight is 541 g/mol. The third-order valence-corrected chi connectivity index (χ3v) is 7.20. The Kier molecular flexibility index (Phi) is 10.3. The number of hydrogen-bond donors (Lipinski definition) is 3. The third kappa shape index (κ3) is 8.12. The van der Waals surface area contributed by atoms with Crippen molar-refractivity contribution in [1.29, 1.82) is 0 Å². The van der Waals surface area contributed by atoms with Gasteiger partial charge in [0.1, 0.15) is 11.8 Å². The summed E-state index contributed by atoms with van der Waals surface area (Å²) in [7, 11) is 0. The summed E-state index contributed by atoms with van der Waals surface area (Å²) < 4.78 is 5.86. The lowest BCUT2D eigenvalue weighted by Crippen LogP contribution is -2.47. The molecule has 2 aliphatic heterocycles. The first kappa shape index (κ1) is 27.8. The topological polar surface area (TPSA) is 99.8 Å². The van der Waals surface area contributed by atoms with Crippen molar-refractivity contribution in [1.82, 2.24) is 16.0 Å². The smallest absolute Gasteiger partial charge is 0.255 e. The van der Waals surface area contributed by atoms with Gasteiger partial charge in [0, 0.05) is 43.3 Å². The molecule has 204 valence electrons. The molecule has 4 rings (SSSR count). The molecular formula is C29H37ClN4O4. The summed E-state index contributed by atoms with van der Waals surface area (Å²) in [6.45, 7) is 3.42. The zero-order chi connectivity index (χ0) is 26.7. The fraction of sp³-hybridized carbons (Fsp3) is 0.483. The molecule has 0 aliphatic carbocycles. The van der Waals surface area contributed by atoms with E-state index in [-0.39, 0.29) is 30.2 Å². The molecule has 2 aromatic rings. The van der Waals surface area contributed by atoms with Crippen LogP contribution in [0, 0.1) is 0 Å². The Balaban J connectivity index is 1.46. The van der Waals surface area contributed by atoms with Crippen LogP contribution in [0.3, 0.4) is 0 Å². The number of piperidine rings is 1. The zero-order valence-electron chi connectivity index (χ0n) is 21.8. The van der Waals surface area contributed by atoms with Gasteiger partial charge in [-0.15, -0.1) is 0 Å². The molecule has 0 unspecified atom stereocenters. The van der Waals surface area contributed by atoms with Gasteiger partial charge in [-0.2, -0.15) is 0 Å². The summed E-state index contributed by atoms with van der Waals surface area (Å²) >= 11 is 6.17. The van der Waals surface area contributed by atoms with Gasteiger partial charge in [0.05, 0.1) is 12.2 Å². The first-order chi connectivity index (χ1) is 18.5. The van der Waals surface area contributed by atoms with E-state index < -0.39 is 11.9 Å². The van der Waals surface area contributed by atoms with Crippen LogP contribution < -0.4 is 25.6 Å². The summed E-state index contributed by atoms with van der Waals surface area (Å²) in [5.41, 5.74) is 2.40. The zero-order valence-corrected chi connectivity index (χ0v) is 22.5. The normalized spacial score (nSPS) is 19.6. The fourth-order valence-electron chi connectivity index (χ4n) is 4.82. The number of fused-ring (bicyclic) bond motifs is 1. The highest BCUT2D eigenvalue weighted by molar-refractivity contribution is 6.31. The first-order valence-corrected chi connectivity index (χ1v) is 14.0. The van der Waals surface area contributed by atoms with Crippen LogP contribution in [0.4, 0.5) is 5.69 Å². The lowest BCUT2D eigenvalue weighted by Gasteiger charge is -2.29. The second-order valence-corrected chi connectivity index (χ2v) is 10.3. The Morgan fingerprint density at radius 1 is 1.03 bits per heavy atom. The van der Waals surface area contributed by atoms with Crippen LogP contribution in [-0.2, 0) is 16.1 Å². The van der Waals surface area contributed by atoms with Gasteiger partial charge in [0.2, 0.25) is 11.8 Å². The molecule has 0 radical (unpaired) electrons. The highest BCUT2D eigenvalue weighted by Gasteiger charge is 2.24. The van der Waals surface area contributed by atoms with Crippen LogP contribution in [0.5, 0.6) is 5.75 Å². The number of hydrogen-bond acceptors (Lipinski definition) is 5. The number of nitrogens with one attached hydrogen (secondary N) is 3. The van der Waals surface area contributed by atoms with Gasteiger partial charge in [-0.1, -0.05) is 23.7 Å². The van der Waals surface area contributed by atoms with Crippen LogP contribution in [-0.4, -0.2) is 50.0 Å². The molecule has 1 saturated heterocycles. The van der Waals surface area contributed by atoms with E-state index in [0.717, 1.165) is 43.6 Å².